The third-order valence-corrected chi connectivity index (χ3v) is 6.14. The number of benzene rings is 2. The van der Waals surface area contributed by atoms with E-state index in [1.807, 2.05) is 24.3 Å². The van der Waals surface area contributed by atoms with Gasteiger partial charge in [-0.15, -0.1) is 5.10 Å². The van der Waals surface area contributed by atoms with Gasteiger partial charge in [-0.1, -0.05) is 17.3 Å². The third kappa shape index (κ3) is 7.37. The van der Waals surface area contributed by atoms with Gasteiger partial charge in [0.15, 0.2) is 5.78 Å². The van der Waals surface area contributed by atoms with Crippen LogP contribution in [0.5, 0.6) is 0 Å². The Morgan fingerprint density at radius 1 is 1.07 bits per heavy atom. The highest BCUT2D eigenvalue weighted by Crippen LogP contribution is 2.42. The van der Waals surface area contributed by atoms with Crippen molar-refractivity contribution < 1.29 is 37.4 Å². The summed E-state index contributed by atoms with van der Waals surface area (Å²) in [6.07, 6.45) is -5.46. The predicted octanol–water partition coefficient (Wildman–Crippen LogP) is 3.49. The number of ether oxygens (including phenoxy) is 1. The molecule has 2 heterocycles. The highest BCUT2D eigenvalue weighted by molar-refractivity contribution is 6.12. The van der Waals surface area contributed by atoms with Gasteiger partial charge >= 0.3 is 12.3 Å². The minimum absolute atomic E-state index is 0.167. The van der Waals surface area contributed by atoms with E-state index in [1.54, 1.807) is 23.0 Å². The number of ketones is 1. The first-order chi connectivity index (χ1) is 19.4. The van der Waals surface area contributed by atoms with Crippen LogP contribution in [0, 0.1) is 0 Å². The second kappa shape index (κ2) is 12.3. The maximum Gasteiger partial charge on any atom is 0.418 e. The van der Waals surface area contributed by atoms with E-state index in [1.165, 1.54) is 17.0 Å². The van der Waals surface area contributed by atoms with Crippen molar-refractivity contribution in [3.63, 3.8) is 0 Å². The molecule has 3 N–H and O–H groups in total. The SMILES string of the molecule is CN(C)Cc1cnnn1-c1cccc(C(=O)CC(=O)Nc2cc(C(F)(F)F)c(N3CCOCC3)cc2NC(=O)O)c1. The van der Waals surface area contributed by atoms with Gasteiger partial charge in [0, 0.05) is 25.2 Å². The summed E-state index contributed by atoms with van der Waals surface area (Å²) in [5.41, 5.74) is -0.549. The Morgan fingerprint density at radius 2 is 1.78 bits per heavy atom. The first-order valence-electron chi connectivity index (χ1n) is 12.5. The minimum Gasteiger partial charge on any atom is -0.465 e. The molecule has 12 nitrogen and oxygen atoms in total. The van der Waals surface area contributed by atoms with Crippen molar-refractivity contribution in [1.82, 2.24) is 19.9 Å². The van der Waals surface area contributed by atoms with Crippen LogP contribution in [0.15, 0.2) is 42.6 Å². The molecule has 0 bridgehead atoms. The van der Waals surface area contributed by atoms with E-state index < -0.39 is 41.6 Å². The Bertz CT molecular complexity index is 1440. The van der Waals surface area contributed by atoms with Gasteiger partial charge in [-0.05, 0) is 38.4 Å². The maximum atomic E-state index is 14.0. The normalized spacial score (nSPS) is 13.8. The van der Waals surface area contributed by atoms with Crippen LogP contribution in [-0.4, -0.2) is 83.2 Å². The summed E-state index contributed by atoms with van der Waals surface area (Å²) in [7, 11) is 3.75. The van der Waals surface area contributed by atoms with Gasteiger partial charge in [0.2, 0.25) is 5.91 Å². The first-order valence-corrected chi connectivity index (χ1v) is 12.5. The Kier molecular flexibility index (Phi) is 8.88. The fourth-order valence-corrected chi connectivity index (χ4v) is 4.36. The molecule has 1 saturated heterocycles. The number of hydrogen-bond acceptors (Lipinski definition) is 8. The number of hydrogen-bond donors (Lipinski definition) is 3. The van der Waals surface area contributed by atoms with Crippen molar-refractivity contribution in [3.05, 3.63) is 59.4 Å². The van der Waals surface area contributed by atoms with E-state index in [2.05, 4.69) is 15.6 Å². The molecule has 2 amide bonds. The quantitative estimate of drug-likeness (QED) is 0.258. The topological polar surface area (TPSA) is 142 Å². The van der Waals surface area contributed by atoms with Crippen LogP contribution in [0.2, 0.25) is 0 Å². The molecule has 1 aliphatic rings. The van der Waals surface area contributed by atoms with Gasteiger partial charge in [0.05, 0.1) is 59.8 Å². The molecular weight excluding hydrogens is 547 g/mol. The molecule has 0 atom stereocenters. The van der Waals surface area contributed by atoms with Crippen LogP contribution >= 0.6 is 0 Å². The second-order valence-corrected chi connectivity index (χ2v) is 9.52. The van der Waals surface area contributed by atoms with Crippen LogP contribution in [-0.2, 0) is 22.3 Å². The van der Waals surface area contributed by atoms with Crippen LogP contribution in [0.3, 0.4) is 0 Å². The first kappa shape index (κ1) is 29.5. The number of carbonyl (C=O) groups excluding carboxylic acids is 2. The fourth-order valence-electron chi connectivity index (χ4n) is 4.36. The lowest BCUT2D eigenvalue weighted by Crippen LogP contribution is -2.37. The molecule has 0 aliphatic carbocycles. The summed E-state index contributed by atoms with van der Waals surface area (Å²) in [4.78, 5) is 40.5. The molecule has 0 spiro atoms. The van der Waals surface area contributed by atoms with Gasteiger partial charge in [0.1, 0.15) is 0 Å². The molecule has 4 rings (SSSR count). The number of halogens is 3. The molecule has 0 radical (unpaired) electrons. The van der Waals surface area contributed by atoms with E-state index in [0.29, 0.717) is 18.3 Å². The molecule has 2 aromatic carbocycles. The number of morpholine rings is 1. The lowest BCUT2D eigenvalue weighted by atomic mass is 10.1. The summed E-state index contributed by atoms with van der Waals surface area (Å²) in [6.45, 7) is 1.27. The van der Waals surface area contributed by atoms with Gasteiger partial charge in [-0.25, -0.2) is 9.48 Å². The number of nitrogens with one attached hydrogen (secondary N) is 2. The van der Waals surface area contributed by atoms with E-state index in [4.69, 9.17) is 4.74 Å². The van der Waals surface area contributed by atoms with Gasteiger partial charge in [-0.2, -0.15) is 13.2 Å². The summed E-state index contributed by atoms with van der Waals surface area (Å²) >= 11 is 0. The van der Waals surface area contributed by atoms with Gasteiger partial charge < -0.3 is 25.0 Å². The lowest BCUT2D eigenvalue weighted by molar-refractivity contribution is -0.137. The number of carboxylic acid groups (broad SMARTS) is 1. The van der Waals surface area contributed by atoms with Crippen molar-refractivity contribution >= 4 is 34.8 Å². The average molecular weight is 576 g/mol. The number of Topliss-reactive ketones (excluding diaryl/α,β-unsaturated/α-hetero) is 1. The van der Waals surface area contributed by atoms with E-state index >= 15 is 0 Å². The monoisotopic (exact) mass is 575 g/mol. The zero-order valence-electron chi connectivity index (χ0n) is 22.2. The molecule has 1 fully saturated rings. The molecule has 0 unspecified atom stereocenters. The number of nitrogens with zero attached hydrogens (tertiary/aromatic N) is 5. The summed E-state index contributed by atoms with van der Waals surface area (Å²) in [6, 6.07) is 8.03. The molecule has 41 heavy (non-hydrogen) atoms. The summed E-state index contributed by atoms with van der Waals surface area (Å²) < 4.78 is 48.8. The van der Waals surface area contributed by atoms with Gasteiger partial charge in [-0.3, -0.25) is 14.9 Å². The predicted molar refractivity (Wildman–Crippen MR) is 142 cm³/mol. The molecule has 15 heteroatoms. The minimum atomic E-state index is -4.81. The highest BCUT2D eigenvalue weighted by Gasteiger charge is 2.37. The van der Waals surface area contributed by atoms with Gasteiger partial charge in [0.25, 0.3) is 0 Å². The lowest BCUT2D eigenvalue weighted by Gasteiger charge is -2.32. The van der Waals surface area contributed by atoms with E-state index in [9.17, 15) is 32.7 Å². The van der Waals surface area contributed by atoms with E-state index in [0.717, 1.165) is 11.8 Å². The second-order valence-electron chi connectivity index (χ2n) is 9.52. The Labute approximate surface area is 232 Å². The number of aromatic nitrogens is 3. The molecule has 1 aliphatic heterocycles. The van der Waals surface area contributed by atoms with Crippen LogP contribution in [0.4, 0.5) is 35.0 Å². The Hall–Kier alpha value is -4.50. The van der Waals surface area contributed by atoms with E-state index in [-0.39, 0.29) is 43.2 Å². The average Bonchev–Trinajstić information content (AvgIpc) is 3.36. The largest absolute Gasteiger partial charge is 0.465 e. The number of rotatable bonds is 9. The van der Waals surface area contributed by atoms with Crippen LogP contribution in [0.25, 0.3) is 5.69 Å². The molecular formula is C26H28F3N7O5. The highest BCUT2D eigenvalue weighted by atomic mass is 19.4. The zero-order valence-corrected chi connectivity index (χ0v) is 22.2. The van der Waals surface area contributed by atoms with Crippen molar-refractivity contribution in [2.24, 2.45) is 0 Å². The Morgan fingerprint density at radius 3 is 2.44 bits per heavy atom. The fraction of sp³-hybridized carbons (Fsp3) is 0.346. The molecule has 218 valence electrons. The standard InChI is InChI=1S/C26H28F3N7O5/c1-34(2)15-18-14-30-33-36(18)17-5-3-4-16(10-17)23(37)13-24(38)31-20-11-19(26(27,28)29)22(12-21(20)32-25(39)40)35-6-8-41-9-7-35/h3-5,10-12,14,32H,6-9,13,15H2,1-2H3,(H,31,38)(H,39,40). The maximum absolute atomic E-state index is 14.0. The molecule has 0 saturated carbocycles. The van der Waals surface area contributed by atoms with Crippen molar-refractivity contribution in [2.45, 2.75) is 19.1 Å². The Balaban J connectivity index is 1.57. The number of carbonyl (C=O) groups is 3. The zero-order chi connectivity index (χ0) is 29.7. The van der Waals surface area contributed by atoms with Crippen molar-refractivity contribution in [1.29, 1.82) is 0 Å². The number of alkyl halides is 3. The summed E-state index contributed by atoms with van der Waals surface area (Å²) in [5.74, 6) is -1.53. The molecule has 1 aromatic heterocycles. The van der Waals surface area contributed by atoms with Crippen LogP contribution in [0.1, 0.15) is 28.0 Å². The summed E-state index contributed by atoms with van der Waals surface area (Å²) in [5, 5.41) is 21.5. The van der Waals surface area contributed by atoms with Crippen molar-refractivity contribution in [2.75, 3.05) is 55.9 Å². The number of amides is 2. The van der Waals surface area contributed by atoms with Crippen LogP contribution < -0.4 is 15.5 Å². The molecule has 3 aromatic rings. The third-order valence-electron chi connectivity index (χ3n) is 6.14. The number of anilines is 3. The smallest absolute Gasteiger partial charge is 0.418 e. The van der Waals surface area contributed by atoms with Crippen molar-refractivity contribution in [3.8, 4) is 5.69 Å².